The topological polar surface area (TPSA) is 80.3 Å². The summed E-state index contributed by atoms with van der Waals surface area (Å²) in [4.78, 5) is 25.5. The van der Waals surface area contributed by atoms with Gasteiger partial charge in [-0.3, -0.25) is 0 Å². The molecule has 2 heterocycles. The fourth-order valence-corrected chi connectivity index (χ4v) is 3.46. The standard InChI is InChI=1S/C21H18O7/c1-24-19(22)21(20(23)25-2)15(9-8-13-6-4-3-5-7-13)14-10-17-18(27-12-26-17)11-16(14)28-21/h3-11,15H,12H2,1-2H3/b9-8+/t15-/m0/s1. The molecule has 2 aromatic rings. The molecule has 4 rings (SSSR count). The van der Waals surface area contributed by atoms with Gasteiger partial charge in [0.05, 0.1) is 20.1 Å². The van der Waals surface area contributed by atoms with E-state index in [0.29, 0.717) is 22.8 Å². The fraction of sp³-hybridized carbons (Fsp3) is 0.238. The molecule has 0 aromatic heterocycles. The summed E-state index contributed by atoms with van der Waals surface area (Å²) >= 11 is 0. The van der Waals surface area contributed by atoms with Gasteiger partial charge in [0, 0.05) is 11.6 Å². The highest BCUT2D eigenvalue weighted by molar-refractivity contribution is 6.07. The first-order valence-electron chi connectivity index (χ1n) is 8.62. The molecule has 144 valence electrons. The minimum atomic E-state index is -1.99. The summed E-state index contributed by atoms with van der Waals surface area (Å²) in [6.07, 6.45) is 3.55. The van der Waals surface area contributed by atoms with Gasteiger partial charge >= 0.3 is 17.5 Å². The molecule has 28 heavy (non-hydrogen) atoms. The molecule has 0 radical (unpaired) electrons. The van der Waals surface area contributed by atoms with Crippen LogP contribution in [0.4, 0.5) is 0 Å². The van der Waals surface area contributed by atoms with E-state index in [4.69, 9.17) is 23.7 Å². The summed E-state index contributed by atoms with van der Waals surface area (Å²) in [6.45, 7) is 0.0991. The van der Waals surface area contributed by atoms with Gasteiger partial charge in [0.15, 0.2) is 11.5 Å². The van der Waals surface area contributed by atoms with E-state index in [0.717, 1.165) is 5.56 Å². The van der Waals surface area contributed by atoms with Crippen LogP contribution in [0.3, 0.4) is 0 Å². The van der Waals surface area contributed by atoms with Crippen LogP contribution in [0.1, 0.15) is 17.0 Å². The molecule has 2 aliphatic rings. The zero-order valence-electron chi connectivity index (χ0n) is 15.3. The SMILES string of the molecule is COC(=O)C1(C(=O)OC)Oc2cc3c(cc2[C@@H]1/C=C/c1ccccc1)OCO3. The molecule has 7 nitrogen and oxygen atoms in total. The number of carbonyl (C=O) groups excluding carboxylic acids is 2. The first-order chi connectivity index (χ1) is 13.6. The third-order valence-corrected chi connectivity index (χ3v) is 4.81. The fourth-order valence-electron chi connectivity index (χ4n) is 3.46. The van der Waals surface area contributed by atoms with E-state index in [2.05, 4.69) is 0 Å². The van der Waals surface area contributed by atoms with Crippen LogP contribution in [-0.4, -0.2) is 38.6 Å². The van der Waals surface area contributed by atoms with Gasteiger partial charge in [-0.1, -0.05) is 42.5 Å². The molecule has 7 heteroatoms. The third-order valence-electron chi connectivity index (χ3n) is 4.81. The van der Waals surface area contributed by atoms with Crippen molar-refractivity contribution in [3.8, 4) is 17.2 Å². The summed E-state index contributed by atoms with van der Waals surface area (Å²) in [7, 11) is 2.40. The summed E-state index contributed by atoms with van der Waals surface area (Å²) < 4.78 is 26.5. The highest BCUT2D eigenvalue weighted by atomic mass is 16.7. The van der Waals surface area contributed by atoms with E-state index in [1.54, 1.807) is 18.2 Å². The van der Waals surface area contributed by atoms with Crippen LogP contribution < -0.4 is 14.2 Å². The number of hydrogen-bond acceptors (Lipinski definition) is 7. The van der Waals surface area contributed by atoms with Crippen LogP contribution >= 0.6 is 0 Å². The maximum atomic E-state index is 12.7. The average Bonchev–Trinajstić information content (AvgIpc) is 3.32. The van der Waals surface area contributed by atoms with Crippen molar-refractivity contribution in [2.75, 3.05) is 21.0 Å². The molecule has 0 unspecified atom stereocenters. The molecule has 0 saturated carbocycles. The van der Waals surface area contributed by atoms with E-state index in [1.807, 2.05) is 36.4 Å². The number of carbonyl (C=O) groups is 2. The number of ether oxygens (including phenoxy) is 5. The summed E-state index contributed by atoms with van der Waals surface area (Å²) in [5, 5.41) is 0. The van der Waals surface area contributed by atoms with E-state index in [-0.39, 0.29) is 6.79 Å². The minimum absolute atomic E-state index is 0.0991. The van der Waals surface area contributed by atoms with Crippen LogP contribution in [0.15, 0.2) is 48.5 Å². The minimum Gasteiger partial charge on any atom is -0.466 e. The molecule has 0 aliphatic carbocycles. The van der Waals surface area contributed by atoms with Crippen LogP contribution in [0.2, 0.25) is 0 Å². The lowest BCUT2D eigenvalue weighted by atomic mass is 9.83. The van der Waals surface area contributed by atoms with Crippen molar-refractivity contribution < 1.29 is 33.3 Å². The Hall–Kier alpha value is -3.48. The lowest BCUT2D eigenvalue weighted by Crippen LogP contribution is -2.54. The highest BCUT2D eigenvalue weighted by Crippen LogP contribution is 2.51. The Labute approximate surface area is 161 Å². The molecule has 2 aliphatic heterocycles. The highest BCUT2D eigenvalue weighted by Gasteiger charge is 2.62. The monoisotopic (exact) mass is 382 g/mol. The zero-order chi connectivity index (χ0) is 19.7. The van der Waals surface area contributed by atoms with Crippen molar-refractivity contribution in [2.24, 2.45) is 0 Å². The van der Waals surface area contributed by atoms with Gasteiger partial charge in [0.25, 0.3) is 0 Å². The van der Waals surface area contributed by atoms with Crippen molar-refractivity contribution in [1.29, 1.82) is 0 Å². The van der Waals surface area contributed by atoms with Crippen molar-refractivity contribution in [2.45, 2.75) is 11.5 Å². The van der Waals surface area contributed by atoms with Crippen molar-refractivity contribution in [3.63, 3.8) is 0 Å². The van der Waals surface area contributed by atoms with Gasteiger partial charge in [-0.15, -0.1) is 0 Å². The maximum absolute atomic E-state index is 12.7. The first kappa shape index (κ1) is 17.9. The lowest BCUT2D eigenvalue weighted by molar-refractivity contribution is -0.176. The van der Waals surface area contributed by atoms with E-state index in [1.165, 1.54) is 14.2 Å². The molecule has 0 fully saturated rings. The predicted molar refractivity (Wildman–Crippen MR) is 98.2 cm³/mol. The summed E-state index contributed by atoms with van der Waals surface area (Å²) in [6, 6.07) is 12.8. The van der Waals surface area contributed by atoms with E-state index in [9.17, 15) is 9.59 Å². The molecule has 2 aromatic carbocycles. The van der Waals surface area contributed by atoms with Gasteiger partial charge in [0.1, 0.15) is 5.75 Å². The zero-order valence-corrected chi connectivity index (χ0v) is 15.3. The molecule has 0 spiro atoms. The van der Waals surface area contributed by atoms with Crippen LogP contribution in [0.25, 0.3) is 6.08 Å². The van der Waals surface area contributed by atoms with E-state index >= 15 is 0 Å². The number of benzene rings is 2. The molecule has 0 bridgehead atoms. The Morgan fingerprint density at radius 2 is 1.64 bits per heavy atom. The number of hydrogen-bond donors (Lipinski definition) is 0. The molecule has 1 atom stereocenters. The van der Waals surface area contributed by atoms with Gasteiger partial charge < -0.3 is 23.7 Å². The predicted octanol–water partition coefficient (Wildman–Crippen LogP) is 2.69. The maximum Gasteiger partial charge on any atom is 0.363 e. The number of fused-ring (bicyclic) bond motifs is 2. The number of rotatable bonds is 4. The second kappa shape index (κ2) is 6.92. The Morgan fingerprint density at radius 1 is 1.00 bits per heavy atom. The van der Waals surface area contributed by atoms with E-state index < -0.39 is 23.5 Å². The molecule has 0 saturated heterocycles. The van der Waals surface area contributed by atoms with Gasteiger partial charge in [-0.2, -0.15) is 0 Å². The number of esters is 2. The van der Waals surface area contributed by atoms with Crippen LogP contribution in [0, 0.1) is 0 Å². The van der Waals surface area contributed by atoms with Crippen LogP contribution in [0.5, 0.6) is 17.2 Å². The molecule has 0 N–H and O–H groups in total. The summed E-state index contributed by atoms with van der Waals surface area (Å²) in [5.41, 5.74) is -0.487. The second-order valence-corrected chi connectivity index (χ2v) is 6.31. The smallest absolute Gasteiger partial charge is 0.363 e. The Kier molecular flexibility index (Phi) is 4.43. The molecular formula is C21H18O7. The van der Waals surface area contributed by atoms with Gasteiger partial charge in [-0.05, 0) is 11.6 Å². The van der Waals surface area contributed by atoms with Gasteiger partial charge in [0.2, 0.25) is 6.79 Å². The Balaban J connectivity index is 1.86. The quantitative estimate of drug-likeness (QED) is 0.594. The Morgan fingerprint density at radius 3 is 2.29 bits per heavy atom. The van der Waals surface area contributed by atoms with Crippen molar-refractivity contribution in [1.82, 2.24) is 0 Å². The third kappa shape index (κ3) is 2.67. The largest absolute Gasteiger partial charge is 0.466 e. The van der Waals surface area contributed by atoms with Gasteiger partial charge in [-0.25, -0.2) is 9.59 Å². The van der Waals surface area contributed by atoms with Crippen molar-refractivity contribution in [3.05, 3.63) is 59.7 Å². The van der Waals surface area contributed by atoms with Crippen LogP contribution in [-0.2, 0) is 19.1 Å². The summed E-state index contributed by atoms with van der Waals surface area (Å²) in [5.74, 6) is -1.14. The normalized spacial score (nSPS) is 18.4. The second-order valence-electron chi connectivity index (χ2n) is 6.31. The van der Waals surface area contributed by atoms with Crippen molar-refractivity contribution >= 4 is 18.0 Å². The lowest BCUT2D eigenvalue weighted by Gasteiger charge is -2.27. The number of methoxy groups -OCH3 is 2. The Bertz CT molecular complexity index is 933. The molecular weight excluding hydrogens is 364 g/mol. The first-order valence-corrected chi connectivity index (χ1v) is 8.62. The molecule has 0 amide bonds. The average molecular weight is 382 g/mol.